The first kappa shape index (κ1) is 14.6. The van der Waals surface area contributed by atoms with Crippen LogP contribution in [0, 0.1) is 15.2 Å². The van der Waals surface area contributed by atoms with E-state index in [1.165, 1.54) is 6.07 Å². The lowest BCUT2D eigenvalue weighted by atomic mass is 10.2. The molecule has 0 aliphatic rings. The van der Waals surface area contributed by atoms with E-state index in [1.54, 1.807) is 0 Å². The van der Waals surface area contributed by atoms with E-state index >= 15 is 0 Å². The molecule has 9 heteroatoms. The van der Waals surface area contributed by atoms with Crippen molar-refractivity contribution in [2.75, 3.05) is 0 Å². The van der Waals surface area contributed by atoms with Gasteiger partial charge in [0.2, 0.25) is 0 Å². The van der Waals surface area contributed by atoms with Crippen LogP contribution in [-0.2, 0) is 0 Å². The summed E-state index contributed by atoms with van der Waals surface area (Å²) in [5.41, 5.74) is 1.98. The number of nitrogens with one attached hydrogen (secondary N) is 1. The minimum Gasteiger partial charge on any atom is -0.507 e. The van der Waals surface area contributed by atoms with Gasteiger partial charge in [-0.1, -0.05) is 0 Å². The number of hydrazone groups is 1. The van der Waals surface area contributed by atoms with Crippen molar-refractivity contribution in [3.05, 3.63) is 56.0 Å². The molecule has 2 rings (SSSR count). The Morgan fingerprint density at radius 2 is 2.19 bits per heavy atom. The molecule has 0 radical (unpaired) electrons. The van der Waals surface area contributed by atoms with E-state index in [-0.39, 0.29) is 21.9 Å². The van der Waals surface area contributed by atoms with Crippen molar-refractivity contribution >= 4 is 29.1 Å². The van der Waals surface area contributed by atoms with Crippen LogP contribution >= 0.6 is 11.3 Å². The molecular weight excluding hydrogens is 301 g/mol. The fourth-order valence-corrected chi connectivity index (χ4v) is 2.03. The van der Waals surface area contributed by atoms with Gasteiger partial charge >= 0.3 is 0 Å². The van der Waals surface area contributed by atoms with Crippen LogP contribution < -0.4 is 5.43 Å². The van der Waals surface area contributed by atoms with Gasteiger partial charge in [0.15, 0.2) is 5.13 Å². The zero-order chi connectivity index (χ0) is 15.4. The molecule has 0 bridgehead atoms. The van der Waals surface area contributed by atoms with Crippen molar-refractivity contribution in [3.63, 3.8) is 0 Å². The van der Waals surface area contributed by atoms with Crippen LogP contribution in [0.4, 0.5) is 10.1 Å². The maximum Gasteiger partial charge on any atom is 0.281 e. The van der Waals surface area contributed by atoms with E-state index in [2.05, 4.69) is 10.5 Å². The molecule has 1 aromatic carbocycles. The van der Waals surface area contributed by atoms with Gasteiger partial charge in [-0.25, -0.2) is 5.43 Å². The number of thiophene rings is 1. The quantitative estimate of drug-likeness (QED) is 0.513. The third-order valence-corrected chi connectivity index (χ3v) is 3.26. The van der Waals surface area contributed by atoms with Gasteiger partial charge in [0.1, 0.15) is 5.75 Å². The van der Waals surface area contributed by atoms with Gasteiger partial charge in [-0.05, 0) is 18.2 Å². The average Bonchev–Trinajstić information content (AvgIpc) is 2.87. The van der Waals surface area contributed by atoms with Gasteiger partial charge in [0.05, 0.1) is 16.0 Å². The number of non-ortho nitro benzene ring substituents is 1. The molecule has 0 saturated carbocycles. The standard InChI is InChI=1S/C12H8FN3O4S/c13-11-4-3-10(21-11)12(18)15-14-6-7-5-8(16(19)20)1-2-9(7)17/h1-6,17H,(H,15,18). The predicted octanol–water partition coefficient (Wildman–Crippen LogP) is 2.26. The third kappa shape index (κ3) is 3.60. The molecule has 108 valence electrons. The second-order valence-electron chi connectivity index (χ2n) is 3.80. The van der Waals surface area contributed by atoms with Crippen LogP contribution in [-0.4, -0.2) is 22.2 Å². The summed E-state index contributed by atoms with van der Waals surface area (Å²) in [5, 5.41) is 23.2. The van der Waals surface area contributed by atoms with E-state index < -0.39 is 16.0 Å². The highest BCUT2D eigenvalue weighted by Crippen LogP contribution is 2.21. The summed E-state index contributed by atoms with van der Waals surface area (Å²) in [6, 6.07) is 5.84. The second-order valence-corrected chi connectivity index (χ2v) is 4.84. The van der Waals surface area contributed by atoms with E-state index in [1.807, 2.05) is 0 Å². The van der Waals surface area contributed by atoms with Gasteiger partial charge in [0.25, 0.3) is 11.6 Å². The van der Waals surface area contributed by atoms with E-state index in [0.717, 1.165) is 30.5 Å². The van der Waals surface area contributed by atoms with Crippen LogP contribution in [0.3, 0.4) is 0 Å². The van der Waals surface area contributed by atoms with Crippen molar-refractivity contribution in [1.82, 2.24) is 5.43 Å². The van der Waals surface area contributed by atoms with Crippen LogP contribution in [0.15, 0.2) is 35.4 Å². The number of phenols is 1. The lowest BCUT2D eigenvalue weighted by Gasteiger charge is -1.99. The fourth-order valence-electron chi connectivity index (χ4n) is 1.41. The molecule has 0 aliphatic carbocycles. The molecule has 1 amide bonds. The summed E-state index contributed by atoms with van der Waals surface area (Å²) in [5.74, 6) is -0.842. The second kappa shape index (κ2) is 6.09. The number of nitrogens with zero attached hydrogens (tertiary/aromatic N) is 2. The van der Waals surface area contributed by atoms with Gasteiger partial charge in [0, 0.05) is 17.7 Å². The number of carbonyl (C=O) groups excluding carboxylic acids is 1. The Hall–Kier alpha value is -2.81. The molecule has 0 fully saturated rings. The minimum absolute atomic E-state index is 0.0712. The van der Waals surface area contributed by atoms with Gasteiger partial charge in [-0.2, -0.15) is 9.49 Å². The first-order valence-corrected chi connectivity index (χ1v) is 6.35. The first-order valence-electron chi connectivity index (χ1n) is 5.53. The Morgan fingerprint density at radius 1 is 1.43 bits per heavy atom. The van der Waals surface area contributed by atoms with Gasteiger partial charge in [-0.15, -0.1) is 11.3 Å². The molecule has 2 N–H and O–H groups in total. The summed E-state index contributed by atoms with van der Waals surface area (Å²) in [4.78, 5) is 21.7. The summed E-state index contributed by atoms with van der Waals surface area (Å²) in [6.45, 7) is 0. The number of halogens is 1. The Bertz CT molecular complexity index is 729. The fraction of sp³-hybridized carbons (Fsp3) is 0. The molecular formula is C12H8FN3O4S. The first-order chi connectivity index (χ1) is 9.97. The summed E-state index contributed by atoms with van der Waals surface area (Å²) in [6.07, 6.45) is 1.06. The normalized spacial score (nSPS) is 10.7. The van der Waals surface area contributed by atoms with Crippen LogP contribution in [0.5, 0.6) is 5.75 Å². The third-order valence-electron chi connectivity index (χ3n) is 2.39. The highest BCUT2D eigenvalue weighted by Gasteiger charge is 2.10. The maximum atomic E-state index is 12.8. The molecule has 0 spiro atoms. The molecule has 0 atom stereocenters. The van der Waals surface area contributed by atoms with Crippen molar-refractivity contribution in [3.8, 4) is 5.75 Å². The maximum absolute atomic E-state index is 12.8. The van der Waals surface area contributed by atoms with Crippen molar-refractivity contribution < 1.29 is 19.2 Å². The molecule has 7 nitrogen and oxygen atoms in total. The smallest absolute Gasteiger partial charge is 0.281 e. The topological polar surface area (TPSA) is 105 Å². The Morgan fingerprint density at radius 3 is 2.81 bits per heavy atom. The zero-order valence-corrected chi connectivity index (χ0v) is 11.1. The Labute approximate surface area is 121 Å². The van der Waals surface area contributed by atoms with E-state index in [4.69, 9.17) is 0 Å². The SMILES string of the molecule is O=C(NN=Cc1cc([N+](=O)[O-])ccc1O)c1ccc(F)s1. The summed E-state index contributed by atoms with van der Waals surface area (Å²) < 4.78 is 12.8. The molecule has 2 aromatic rings. The van der Waals surface area contributed by atoms with Gasteiger partial charge < -0.3 is 5.11 Å². The lowest BCUT2D eigenvalue weighted by molar-refractivity contribution is -0.384. The van der Waals surface area contributed by atoms with Crippen LogP contribution in [0.2, 0.25) is 0 Å². The van der Waals surface area contributed by atoms with E-state index in [9.17, 15) is 24.4 Å². The number of nitro benzene ring substituents is 1. The van der Waals surface area contributed by atoms with Gasteiger partial charge in [-0.3, -0.25) is 14.9 Å². The monoisotopic (exact) mass is 309 g/mol. The molecule has 0 aliphatic heterocycles. The number of phenolic OH excluding ortho intramolecular Hbond substituents is 1. The zero-order valence-electron chi connectivity index (χ0n) is 10.3. The Balaban J connectivity index is 2.09. The predicted molar refractivity (Wildman–Crippen MR) is 74.1 cm³/mol. The van der Waals surface area contributed by atoms with E-state index in [0.29, 0.717) is 11.3 Å². The Kier molecular flexibility index (Phi) is 4.24. The highest BCUT2D eigenvalue weighted by molar-refractivity contribution is 7.12. The van der Waals surface area contributed by atoms with Crippen molar-refractivity contribution in [2.24, 2.45) is 5.10 Å². The van der Waals surface area contributed by atoms with Crippen LogP contribution in [0.25, 0.3) is 0 Å². The molecule has 0 unspecified atom stereocenters. The number of amides is 1. The van der Waals surface area contributed by atoms with Crippen LogP contribution in [0.1, 0.15) is 15.2 Å². The average molecular weight is 309 g/mol. The number of nitro groups is 1. The molecule has 21 heavy (non-hydrogen) atoms. The number of rotatable bonds is 4. The summed E-state index contributed by atoms with van der Waals surface area (Å²) in [7, 11) is 0. The number of hydrogen-bond donors (Lipinski definition) is 2. The number of benzene rings is 1. The lowest BCUT2D eigenvalue weighted by Crippen LogP contribution is -2.16. The molecule has 0 saturated heterocycles. The molecule has 1 heterocycles. The van der Waals surface area contributed by atoms with Crippen molar-refractivity contribution in [1.29, 1.82) is 0 Å². The summed E-state index contributed by atoms with van der Waals surface area (Å²) >= 11 is 0.660. The number of aromatic hydroxyl groups is 1. The highest BCUT2D eigenvalue weighted by atomic mass is 32.1. The number of carbonyl (C=O) groups is 1. The largest absolute Gasteiger partial charge is 0.507 e. The molecule has 1 aromatic heterocycles. The van der Waals surface area contributed by atoms with Crippen molar-refractivity contribution in [2.45, 2.75) is 0 Å². The minimum atomic E-state index is -0.621. The number of hydrogen-bond acceptors (Lipinski definition) is 6.